The highest BCUT2D eigenvalue weighted by atomic mass is 28.3. The van der Waals surface area contributed by atoms with Crippen molar-refractivity contribution in [3.63, 3.8) is 0 Å². The zero-order chi connectivity index (χ0) is 29.4. The number of rotatable bonds is 6. The van der Waals surface area contributed by atoms with E-state index in [-0.39, 0.29) is 0 Å². The van der Waals surface area contributed by atoms with Crippen molar-refractivity contribution in [3.8, 4) is 22.3 Å². The second-order valence-electron chi connectivity index (χ2n) is 12.1. The molecule has 7 rings (SSSR count). The van der Waals surface area contributed by atoms with Crippen molar-refractivity contribution < 1.29 is 0 Å². The van der Waals surface area contributed by atoms with Crippen molar-refractivity contribution >= 4 is 52.0 Å². The van der Waals surface area contributed by atoms with Crippen LogP contribution in [0.3, 0.4) is 0 Å². The van der Waals surface area contributed by atoms with Gasteiger partial charge < -0.3 is 0 Å². The molecule has 0 atom stereocenters. The average Bonchev–Trinajstić information content (AvgIpc) is 3.05. The molecule has 7 aromatic rings. The summed E-state index contributed by atoms with van der Waals surface area (Å²) >= 11 is 0. The van der Waals surface area contributed by atoms with Crippen LogP contribution < -0.4 is 10.1 Å². The van der Waals surface area contributed by atoms with E-state index < -0.39 is 8.07 Å². The molecule has 0 fully saturated rings. The van der Waals surface area contributed by atoms with Gasteiger partial charge in [-0.3, -0.25) is 4.90 Å². The van der Waals surface area contributed by atoms with Crippen LogP contribution in [0.15, 0.2) is 152 Å². The number of para-hydroxylation sites is 1. The number of anilines is 3. The van der Waals surface area contributed by atoms with E-state index in [1.54, 1.807) is 0 Å². The summed E-state index contributed by atoms with van der Waals surface area (Å²) in [7, 11) is -1.49. The van der Waals surface area contributed by atoms with Crippen LogP contribution >= 0.6 is 0 Å². The minimum absolute atomic E-state index is 0.920. The number of nitrogens with zero attached hydrogens (tertiary/aromatic N) is 2. The third-order valence-electron chi connectivity index (χ3n) is 8.26. The number of hydrogen-bond acceptors (Lipinski definition) is 2. The molecule has 6 aromatic carbocycles. The number of aromatic nitrogens is 1. The Morgan fingerprint density at radius 3 is 1.49 bits per heavy atom. The zero-order valence-corrected chi connectivity index (χ0v) is 25.8. The molecule has 1 aromatic heterocycles. The van der Waals surface area contributed by atoms with Crippen molar-refractivity contribution in [2.45, 2.75) is 19.6 Å². The van der Waals surface area contributed by atoms with Crippen molar-refractivity contribution in [2.75, 3.05) is 4.90 Å². The first-order chi connectivity index (χ1) is 21.0. The van der Waals surface area contributed by atoms with Gasteiger partial charge in [-0.1, -0.05) is 147 Å². The van der Waals surface area contributed by atoms with Gasteiger partial charge in [-0.25, -0.2) is 4.98 Å². The summed E-state index contributed by atoms with van der Waals surface area (Å²) in [5.74, 6) is 0.920. The Morgan fingerprint density at radius 1 is 0.465 bits per heavy atom. The largest absolute Gasteiger partial charge is 0.294 e. The predicted molar refractivity (Wildman–Crippen MR) is 188 cm³/mol. The lowest BCUT2D eigenvalue weighted by atomic mass is 9.89. The first kappa shape index (κ1) is 26.9. The molecule has 0 saturated carbocycles. The summed E-state index contributed by atoms with van der Waals surface area (Å²) < 4.78 is 0. The van der Waals surface area contributed by atoms with E-state index >= 15 is 0 Å². The maximum absolute atomic E-state index is 5.09. The summed E-state index contributed by atoms with van der Waals surface area (Å²) in [5, 5.41) is 6.20. The number of pyridine rings is 1. The smallest absolute Gasteiger partial charge is 0.137 e. The van der Waals surface area contributed by atoms with Crippen molar-refractivity contribution in [3.05, 3.63) is 152 Å². The summed E-state index contributed by atoms with van der Waals surface area (Å²) in [4.78, 5) is 7.43. The van der Waals surface area contributed by atoms with E-state index in [4.69, 9.17) is 4.98 Å². The van der Waals surface area contributed by atoms with Crippen molar-refractivity contribution in [1.82, 2.24) is 4.98 Å². The lowest BCUT2D eigenvalue weighted by molar-refractivity contribution is 1.20. The van der Waals surface area contributed by atoms with E-state index in [1.165, 1.54) is 49.0 Å². The van der Waals surface area contributed by atoms with Crippen LogP contribution in [0.1, 0.15) is 0 Å². The van der Waals surface area contributed by atoms with Gasteiger partial charge in [0.1, 0.15) is 5.82 Å². The topological polar surface area (TPSA) is 16.1 Å². The van der Waals surface area contributed by atoms with Gasteiger partial charge in [0.15, 0.2) is 0 Å². The molecule has 0 spiro atoms. The second kappa shape index (κ2) is 11.0. The SMILES string of the molecule is C[Si](C)(C)c1ccc(N(c2ccccc2)c2c3ccccc3c(-c3ccc(-c4ccccc4)cc3)c3ccccc23)nc1. The zero-order valence-electron chi connectivity index (χ0n) is 24.8. The quantitative estimate of drug-likeness (QED) is 0.146. The fourth-order valence-electron chi connectivity index (χ4n) is 6.03. The van der Waals surface area contributed by atoms with Gasteiger partial charge in [0, 0.05) is 22.7 Å². The summed E-state index contributed by atoms with van der Waals surface area (Å²) in [5.41, 5.74) is 7.15. The molecular weight excluding hydrogens is 537 g/mol. The third kappa shape index (κ3) is 5.02. The molecule has 0 aliphatic carbocycles. The lowest BCUT2D eigenvalue weighted by Gasteiger charge is -2.29. The van der Waals surface area contributed by atoms with Gasteiger partial charge in [0.05, 0.1) is 13.8 Å². The van der Waals surface area contributed by atoms with E-state index in [0.29, 0.717) is 0 Å². The Labute approximate surface area is 254 Å². The molecule has 0 aliphatic heterocycles. The van der Waals surface area contributed by atoms with E-state index in [9.17, 15) is 0 Å². The minimum atomic E-state index is -1.49. The standard InChI is InChI=1S/C40H34N2Si/c1-43(2,3)33-26-27-38(41-28-33)42(32-16-8-5-9-17-32)40-36-20-12-10-18-34(36)39(35-19-11-13-21-37(35)40)31-24-22-30(23-25-31)29-14-6-4-7-15-29/h4-28H,1-3H3. The molecular formula is C40H34N2Si. The van der Waals surface area contributed by atoms with Crippen LogP contribution in [-0.4, -0.2) is 13.1 Å². The Balaban J connectivity index is 1.49. The Bertz CT molecular complexity index is 1970. The van der Waals surface area contributed by atoms with Crippen molar-refractivity contribution in [1.29, 1.82) is 0 Å². The van der Waals surface area contributed by atoms with Gasteiger partial charge >= 0.3 is 0 Å². The maximum atomic E-state index is 5.09. The minimum Gasteiger partial charge on any atom is -0.294 e. The molecule has 0 radical (unpaired) electrons. The molecule has 3 heteroatoms. The van der Waals surface area contributed by atoms with E-state index in [1.807, 2.05) is 0 Å². The summed E-state index contributed by atoms with van der Waals surface area (Å²) in [6, 6.07) is 52.3. The highest BCUT2D eigenvalue weighted by molar-refractivity contribution is 6.88. The van der Waals surface area contributed by atoms with Crippen LogP contribution in [0.5, 0.6) is 0 Å². The molecule has 43 heavy (non-hydrogen) atoms. The van der Waals surface area contributed by atoms with Crippen LogP contribution in [0.2, 0.25) is 19.6 Å². The fourth-order valence-corrected chi connectivity index (χ4v) is 7.07. The van der Waals surface area contributed by atoms with Crippen molar-refractivity contribution in [2.24, 2.45) is 0 Å². The number of hydrogen-bond donors (Lipinski definition) is 0. The van der Waals surface area contributed by atoms with Crippen LogP contribution in [0, 0.1) is 0 Å². The molecule has 1 heterocycles. The number of fused-ring (bicyclic) bond motifs is 2. The first-order valence-electron chi connectivity index (χ1n) is 14.9. The summed E-state index contributed by atoms with van der Waals surface area (Å²) in [6.45, 7) is 7.10. The molecule has 0 amide bonds. The van der Waals surface area contributed by atoms with Crippen LogP contribution in [0.4, 0.5) is 17.2 Å². The van der Waals surface area contributed by atoms with Gasteiger partial charge in [0.2, 0.25) is 0 Å². The first-order valence-corrected chi connectivity index (χ1v) is 18.4. The van der Waals surface area contributed by atoms with E-state index in [2.05, 4.69) is 176 Å². The normalized spacial score (nSPS) is 11.6. The Morgan fingerprint density at radius 2 is 0.953 bits per heavy atom. The fraction of sp³-hybridized carbons (Fsp3) is 0.0750. The molecule has 0 N–H and O–H groups in total. The molecule has 0 saturated heterocycles. The third-order valence-corrected chi connectivity index (χ3v) is 10.3. The molecule has 0 bridgehead atoms. The average molecular weight is 571 g/mol. The molecule has 208 valence electrons. The lowest BCUT2D eigenvalue weighted by Crippen LogP contribution is -2.37. The Kier molecular flexibility index (Phi) is 6.88. The van der Waals surface area contributed by atoms with Gasteiger partial charge in [-0.05, 0) is 56.4 Å². The van der Waals surface area contributed by atoms with Gasteiger partial charge in [0.25, 0.3) is 0 Å². The van der Waals surface area contributed by atoms with Gasteiger partial charge in [-0.2, -0.15) is 0 Å². The molecule has 0 unspecified atom stereocenters. The monoisotopic (exact) mass is 570 g/mol. The highest BCUT2D eigenvalue weighted by Gasteiger charge is 2.23. The van der Waals surface area contributed by atoms with Gasteiger partial charge in [-0.15, -0.1) is 0 Å². The summed E-state index contributed by atoms with van der Waals surface area (Å²) in [6.07, 6.45) is 2.09. The van der Waals surface area contributed by atoms with Crippen LogP contribution in [-0.2, 0) is 0 Å². The highest BCUT2D eigenvalue weighted by Crippen LogP contribution is 2.47. The molecule has 0 aliphatic rings. The van der Waals surface area contributed by atoms with E-state index in [0.717, 1.165) is 17.2 Å². The van der Waals surface area contributed by atoms with Crippen LogP contribution in [0.25, 0.3) is 43.8 Å². The Hall–Kier alpha value is -4.99. The molecule has 2 nitrogen and oxygen atoms in total. The second-order valence-corrected chi connectivity index (χ2v) is 17.2. The predicted octanol–water partition coefficient (Wildman–Crippen LogP) is 10.7. The maximum Gasteiger partial charge on any atom is 0.137 e. The number of benzene rings is 6.